The van der Waals surface area contributed by atoms with E-state index in [1.54, 1.807) is 17.8 Å². The van der Waals surface area contributed by atoms with E-state index >= 15 is 0 Å². The van der Waals surface area contributed by atoms with Gasteiger partial charge in [0.15, 0.2) is 5.54 Å². The van der Waals surface area contributed by atoms with Crippen molar-refractivity contribution in [3.63, 3.8) is 0 Å². The van der Waals surface area contributed by atoms with Crippen LogP contribution in [0.15, 0.2) is 72.2 Å². The number of hydrogen-bond donors (Lipinski definition) is 0. The Morgan fingerprint density at radius 3 is 2.41 bits per heavy atom. The van der Waals surface area contributed by atoms with Gasteiger partial charge in [0.25, 0.3) is 0 Å². The zero-order valence-electron chi connectivity index (χ0n) is 16.1. The predicted octanol–water partition coefficient (Wildman–Crippen LogP) is 5.50. The minimum Gasteiger partial charge on any atom is -0.458 e. The van der Waals surface area contributed by atoms with Gasteiger partial charge in [-0.15, -0.1) is 18.3 Å². The Hall–Kier alpha value is -2.33. The maximum absolute atomic E-state index is 12.9. The van der Waals surface area contributed by atoms with Gasteiger partial charge in [-0.2, -0.15) is 0 Å². The number of ether oxygens (including phenoxy) is 1. The summed E-state index contributed by atoms with van der Waals surface area (Å²) < 4.78 is 5.67. The smallest absolute Gasteiger partial charge is 0.335 e. The second-order valence-corrected chi connectivity index (χ2v) is 8.61. The van der Waals surface area contributed by atoms with Crippen molar-refractivity contribution in [2.24, 2.45) is 4.99 Å². The Bertz CT molecular complexity index is 867. The van der Waals surface area contributed by atoms with Crippen molar-refractivity contribution in [2.75, 3.05) is 5.75 Å². The van der Waals surface area contributed by atoms with Crippen LogP contribution >= 0.6 is 11.8 Å². The first kappa shape index (κ1) is 19.4. The molecule has 1 heterocycles. The molecule has 0 saturated carbocycles. The zero-order valence-corrected chi connectivity index (χ0v) is 16.9. The van der Waals surface area contributed by atoms with Crippen LogP contribution < -0.4 is 0 Å². The van der Waals surface area contributed by atoms with Crippen molar-refractivity contribution < 1.29 is 9.53 Å². The summed E-state index contributed by atoms with van der Waals surface area (Å²) in [4.78, 5) is 17.8. The summed E-state index contributed by atoms with van der Waals surface area (Å²) in [7, 11) is 0. The van der Waals surface area contributed by atoms with Gasteiger partial charge in [0.2, 0.25) is 0 Å². The molecule has 1 aliphatic rings. The third-order valence-electron chi connectivity index (χ3n) is 4.27. The van der Waals surface area contributed by atoms with Crippen molar-refractivity contribution in [3.8, 4) is 11.1 Å². The Labute approximate surface area is 165 Å². The van der Waals surface area contributed by atoms with Crippen LogP contribution in [0.25, 0.3) is 11.1 Å². The van der Waals surface area contributed by atoms with Gasteiger partial charge >= 0.3 is 5.97 Å². The molecule has 0 aromatic heterocycles. The number of aliphatic imine (C=N–C) groups is 1. The Morgan fingerprint density at radius 2 is 1.78 bits per heavy atom. The summed E-state index contributed by atoms with van der Waals surface area (Å²) in [6.45, 7) is 9.46. The van der Waals surface area contributed by atoms with Crippen LogP contribution in [-0.2, 0) is 9.53 Å². The number of carbonyl (C=O) groups excluding carboxylic acids is 1. The minimum absolute atomic E-state index is 0.283. The third-order valence-corrected chi connectivity index (χ3v) is 5.47. The number of thioether (sulfide) groups is 1. The summed E-state index contributed by atoms with van der Waals surface area (Å²) in [5.41, 5.74) is 1.84. The molecular formula is C23H25NO2S. The molecule has 0 amide bonds. The first-order valence-electron chi connectivity index (χ1n) is 9.06. The molecule has 0 radical (unpaired) electrons. The highest BCUT2D eigenvalue weighted by Crippen LogP contribution is 2.38. The lowest BCUT2D eigenvalue weighted by Gasteiger charge is -2.27. The highest BCUT2D eigenvalue weighted by atomic mass is 32.2. The van der Waals surface area contributed by atoms with E-state index in [9.17, 15) is 4.79 Å². The Balaban J connectivity index is 2.01. The molecule has 3 nitrogen and oxygen atoms in total. The van der Waals surface area contributed by atoms with Gasteiger partial charge < -0.3 is 4.74 Å². The number of rotatable bonds is 5. The lowest BCUT2D eigenvalue weighted by atomic mass is 9.97. The first-order valence-corrected chi connectivity index (χ1v) is 10.0. The summed E-state index contributed by atoms with van der Waals surface area (Å²) in [6, 6.07) is 18.4. The van der Waals surface area contributed by atoms with Gasteiger partial charge in [0.05, 0.1) is 5.04 Å². The molecule has 3 rings (SSSR count). The highest BCUT2D eigenvalue weighted by molar-refractivity contribution is 8.14. The summed E-state index contributed by atoms with van der Waals surface area (Å²) in [6.07, 6.45) is 2.21. The number of hydrogen-bond acceptors (Lipinski definition) is 4. The summed E-state index contributed by atoms with van der Waals surface area (Å²) in [5.74, 6) is 0.279. The SMILES string of the molecule is C=CC[C@]1(C(=O)OC(C)(C)C)CSC(c2ccccc2-c2ccccc2)=N1. The van der Waals surface area contributed by atoms with Gasteiger partial charge in [-0.05, 0) is 31.9 Å². The lowest BCUT2D eigenvalue weighted by molar-refractivity contribution is -0.160. The summed E-state index contributed by atoms with van der Waals surface area (Å²) in [5, 5.41) is 0.877. The number of carbonyl (C=O) groups is 1. The van der Waals surface area contributed by atoms with E-state index in [0.29, 0.717) is 12.2 Å². The van der Waals surface area contributed by atoms with Crippen LogP contribution in [0.4, 0.5) is 0 Å². The number of esters is 1. The molecule has 0 N–H and O–H groups in total. The molecule has 0 bridgehead atoms. The van der Waals surface area contributed by atoms with E-state index in [4.69, 9.17) is 9.73 Å². The van der Waals surface area contributed by atoms with E-state index in [-0.39, 0.29) is 5.97 Å². The van der Waals surface area contributed by atoms with Crippen LogP contribution in [0.1, 0.15) is 32.8 Å². The van der Waals surface area contributed by atoms with Crippen LogP contribution in [0.5, 0.6) is 0 Å². The van der Waals surface area contributed by atoms with Crippen molar-refractivity contribution in [1.29, 1.82) is 0 Å². The van der Waals surface area contributed by atoms with Gasteiger partial charge in [0.1, 0.15) is 5.60 Å². The Kier molecular flexibility index (Phi) is 5.56. The standard InChI is InChI=1S/C23H25NO2S/c1-5-15-23(21(25)26-22(2,3)4)16-27-20(24-23)19-14-10-9-13-18(19)17-11-7-6-8-12-17/h5-14H,1,15-16H2,2-4H3/t23-/m1/s1. The van der Waals surface area contributed by atoms with Crippen LogP contribution in [0, 0.1) is 0 Å². The van der Waals surface area contributed by atoms with Crippen molar-refractivity contribution in [2.45, 2.75) is 38.3 Å². The van der Waals surface area contributed by atoms with Gasteiger partial charge in [-0.1, -0.05) is 60.7 Å². The lowest BCUT2D eigenvalue weighted by Crippen LogP contribution is -2.42. The van der Waals surface area contributed by atoms with Gasteiger partial charge in [-0.3, -0.25) is 4.99 Å². The molecule has 0 spiro atoms. The molecule has 0 unspecified atom stereocenters. The molecule has 140 valence electrons. The number of nitrogens with zero attached hydrogens (tertiary/aromatic N) is 1. The molecule has 1 atom stereocenters. The van der Waals surface area contributed by atoms with Crippen molar-refractivity contribution in [1.82, 2.24) is 0 Å². The topological polar surface area (TPSA) is 38.7 Å². The molecule has 1 aliphatic heterocycles. The molecule has 2 aromatic carbocycles. The largest absolute Gasteiger partial charge is 0.458 e. The van der Waals surface area contributed by atoms with Gasteiger partial charge in [0, 0.05) is 17.7 Å². The second kappa shape index (κ2) is 7.73. The average Bonchev–Trinajstić information content (AvgIpc) is 3.07. The highest BCUT2D eigenvalue weighted by Gasteiger charge is 2.45. The Morgan fingerprint density at radius 1 is 1.15 bits per heavy atom. The van der Waals surface area contributed by atoms with Gasteiger partial charge in [-0.25, -0.2) is 4.79 Å². The van der Waals surface area contributed by atoms with Crippen LogP contribution in [-0.4, -0.2) is 27.9 Å². The minimum atomic E-state index is -0.904. The molecular weight excluding hydrogens is 354 g/mol. The quantitative estimate of drug-likeness (QED) is 0.508. The number of benzene rings is 2. The van der Waals surface area contributed by atoms with Crippen molar-refractivity contribution >= 4 is 22.8 Å². The first-order chi connectivity index (χ1) is 12.8. The fourth-order valence-corrected chi connectivity index (χ4v) is 4.28. The van der Waals surface area contributed by atoms with Crippen LogP contribution in [0.3, 0.4) is 0 Å². The average molecular weight is 380 g/mol. The summed E-state index contributed by atoms with van der Waals surface area (Å²) >= 11 is 1.61. The molecule has 4 heteroatoms. The van der Waals surface area contributed by atoms with E-state index in [0.717, 1.165) is 21.7 Å². The van der Waals surface area contributed by atoms with E-state index in [1.807, 2.05) is 51.1 Å². The predicted molar refractivity (Wildman–Crippen MR) is 114 cm³/mol. The molecule has 0 saturated heterocycles. The third kappa shape index (κ3) is 4.33. The van der Waals surface area contributed by atoms with E-state index in [2.05, 4.69) is 30.8 Å². The fraction of sp³-hybridized carbons (Fsp3) is 0.304. The fourth-order valence-electron chi connectivity index (χ4n) is 3.03. The maximum Gasteiger partial charge on any atom is 0.335 e. The molecule has 0 aliphatic carbocycles. The maximum atomic E-state index is 12.9. The van der Waals surface area contributed by atoms with E-state index in [1.165, 1.54) is 0 Å². The molecule has 27 heavy (non-hydrogen) atoms. The molecule has 0 fully saturated rings. The van der Waals surface area contributed by atoms with Crippen molar-refractivity contribution in [3.05, 3.63) is 72.8 Å². The zero-order chi connectivity index (χ0) is 19.5. The second-order valence-electron chi connectivity index (χ2n) is 7.64. The normalized spacial score (nSPS) is 19.4. The monoisotopic (exact) mass is 379 g/mol. The van der Waals surface area contributed by atoms with Crippen LogP contribution in [0.2, 0.25) is 0 Å². The molecule has 2 aromatic rings. The van der Waals surface area contributed by atoms with E-state index < -0.39 is 11.1 Å².